The Labute approximate surface area is 180 Å². The monoisotopic (exact) mass is 435 g/mol. The minimum atomic E-state index is -1.04. The minimum absolute atomic E-state index is 0.174. The van der Waals surface area contributed by atoms with E-state index in [-0.39, 0.29) is 23.7 Å². The molecule has 1 aromatic carbocycles. The van der Waals surface area contributed by atoms with Crippen molar-refractivity contribution in [1.82, 2.24) is 10.2 Å². The van der Waals surface area contributed by atoms with Crippen LogP contribution in [0.2, 0.25) is 0 Å². The van der Waals surface area contributed by atoms with E-state index >= 15 is 0 Å². The van der Waals surface area contributed by atoms with E-state index in [4.69, 9.17) is 16.3 Å². The molecule has 0 aromatic heterocycles. The van der Waals surface area contributed by atoms with E-state index in [9.17, 15) is 9.59 Å². The van der Waals surface area contributed by atoms with Gasteiger partial charge in [-0.3, -0.25) is 9.59 Å². The smallest absolute Gasteiger partial charge is 0.252 e. The number of amides is 2. The second-order valence-corrected chi connectivity index (χ2v) is 9.84. The van der Waals surface area contributed by atoms with Crippen molar-refractivity contribution in [1.29, 1.82) is 0 Å². The second kappa shape index (κ2) is 8.68. The molecule has 29 heavy (non-hydrogen) atoms. The first-order valence-corrected chi connectivity index (χ1v) is 11.2. The fraction of sp³-hybridized carbons (Fsp3) is 0.524. The summed E-state index contributed by atoms with van der Waals surface area (Å²) in [6.45, 7) is 2.68. The van der Waals surface area contributed by atoms with Crippen LogP contribution in [0.25, 0.3) is 0 Å². The fourth-order valence-corrected chi connectivity index (χ4v) is 5.21. The molecule has 0 aliphatic carbocycles. The van der Waals surface area contributed by atoms with Gasteiger partial charge >= 0.3 is 0 Å². The van der Waals surface area contributed by atoms with Crippen LogP contribution < -0.4 is 10.6 Å². The van der Waals surface area contributed by atoms with Crippen molar-refractivity contribution in [2.45, 2.75) is 36.5 Å². The van der Waals surface area contributed by atoms with Crippen LogP contribution in [-0.2, 0) is 27.2 Å². The first kappa shape index (κ1) is 20.7. The molecule has 1 saturated heterocycles. The van der Waals surface area contributed by atoms with Crippen LogP contribution in [0.4, 0.5) is 5.69 Å². The van der Waals surface area contributed by atoms with E-state index in [2.05, 4.69) is 34.7 Å². The van der Waals surface area contributed by atoms with Crippen LogP contribution in [0.3, 0.4) is 0 Å². The molecule has 1 fully saturated rings. The molecule has 3 aliphatic heterocycles. The number of anilines is 1. The van der Waals surface area contributed by atoms with E-state index in [1.165, 1.54) is 22.9 Å². The molecule has 0 spiro atoms. The normalized spacial score (nSPS) is 27.1. The highest BCUT2D eigenvalue weighted by atomic mass is 35.5. The molecule has 1 aromatic rings. The molecule has 2 amide bonds. The number of fused-ring (bicyclic) bond motifs is 1. The molecule has 0 bridgehead atoms. The molecule has 0 radical (unpaired) electrons. The first-order valence-electron chi connectivity index (χ1n) is 9.99. The van der Waals surface area contributed by atoms with Crippen LogP contribution >= 0.6 is 23.4 Å². The minimum Gasteiger partial charge on any atom is -0.378 e. The number of nitrogens with one attached hydrogen (secondary N) is 2. The topological polar surface area (TPSA) is 70.7 Å². The Bertz CT molecular complexity index is 838. The Hall–Kier alpha value is -1.54. The maximum atomic E-state index is 13.2. The largest absolute Gasteiger partial charge is 0.378 e. The summed E-state index contributed by atoms with van der Waals surface area (Å²) in [6, 6.07) is 6.11. The summed E-state index contributed by atoms with van der Waals surface area (Å²) in [7, 11) is 2.13. The van der Waals surface area contributed by atoms with Gasteiger partial charge in [0.25, 0.3) is 5.91 Å². The Kier molecular flexibility index (Phi) is 6.20. The summed E-state index contributed by atoms with van der Waals surface area (Å²) in [5.41, 5.74) is 2.33. The Balaban J connectivity index is 1.46. The van der Waals surface area contributed by atoms with Crippen molar-refractivity contribution in [3.05, 3.63) is 39.8 Å². The number of rotatable bonds is 4. The SMILES string of the molecule is CN1CCc2ccc(NC(=O)C3(NC(=O)C4CC=C(Cl)S4)CCOC3)cc2CC1. The third-order valence-electron chi connectivity index (χ3n) is 5.85. The molecule has 3 heterocycles. The van der Waals surface area contributed by atoms with E-state index in [0.717, 1.165) is 31.6 Å². The van der Waals surface area contributed by atoms with Gasteiger partial charge < -0.3 is 20.3 Å². The number of carbonyl (C=O) groups excluding carboxylic acids is 2. The van der Waals surface area contributed by atoms with Crippen LogP contribution in [0.15, 0.2) is 28.6 Å². The molecule has 2 atom stereocenters. The lowest BCUT2D eigenvalue weighted by molar-refractivity contribution is -0.130. The number of likely N-dealkylation sites (N-methyl/N-ethyl adjacent to an activating group) is 1. The second-order valence-electron chi connectivity index (χ2n) is 7.97. The molecule has 6 nitrogen and oxygen atoms in total. The van der Waals surface area contributed by atoms with Crippen molar-refractivity contribution in [3.8, 4) is 0 Å². The molecule has 4 rings (SSSR count). The van der Waals surface area contributed by atoms with E-state index in [0.29, 0.717) is 23.8 Å². The molecule has 2 unspecified atom stereocenters. The number of ether oxygens (including phenoxy) is 1. The van der Waals surface area contributed by atoms with Gasteiger partial charge in [0.2, 0.25) is 5.91 Å². The van der Waals surface area contributed by atoms with Gasteiger partial charge in [0.15, 0.2) is 0 Å². The molecular weight excluding hydrogens is 410 g/mol. The fourth-order valence-electron chi connectivity index (χ4n) is 3.97. The van der Waals surface area contributed by atoms with Gasteiger partial charge in [-0.15, -0.1) is 11.8 Å². The number of nitrogens with zero attached hydrogens (tertiary/aromatic N) is 1. The predicted molar refractivity (Wildman–Crippen MR) is 116 cm³/mol. The van der Waals surface area contributed by atoms with Gasteiger partial charge in [-0.25, -0.2) is 0 Å². The predicted octanol–water partition coefficient (Wildman–Crippen LogP) is 2.52. The molecule has 2 N–H and O–H groups in total. The third kappa shape index (κ3) is 4.63. The lowest BCUT2D eigenvalue weighted by Crippen LogP contribution is -2.59. The maximum Gasteiger partial charge on any atom is 0.252 e. The number of halogens is 1. The van der Waals surface area contributed by atoms with Gasteiger partial charge in [-0.1, -0.05) is 23.7 Å². The van der Waals surface area contributed by atoms with Crippen LogP contribution in [0.5, 0.6) is 0 Å². The van der Waals surface area contributed by atoms with E-state index < -0.39 is 5.54 Å². The summed E-state index contributed by atoms with van der Waals surface area (Å²) in [5, 5.41) is 5.68. The Morgan fingerprint density at radius 3 is 2.76 bits per heavy atom. The van der Waals surface area contributed by atoms with Gasteiger partial charge in [0, 0.05) is 31.8 Å². The Morgan fingerprint density at radius 1 is 1.28 bits per heavy atom. The van der Waals surface area contributed by atoms with E-state index in [1.54, 1.807) is 0 Å². The summed E-state index contributed by atoms with van der Waals surface area (Å²) in [4.78, 5) is 28.2. The van der Waals surface area contributed by atoms with Gasteiger partial charge in [0.1, 0.15) is 5.54 Å². The van der Waals surface area contributed by atoms with Crippen LogP contribution in [-0.4, -0.2) is 60.9 Å². The highest BCUT2D eigenvalue weighted by molar-refractivity contribution is 8.06. The molecular formula is C21H26ClN3O3S. The number of hydrogen-bond acceptors (Lipinski definition) is 5. The molecule has 3 aliphatic rings. The average molecular weight is 436 g/mol. The summed E-state index contributed by atoms with van der Waals surface area (Å²) >= 11 is 7.31. The number of allylic oxidation sites excluding steroid dienone is 1. The Morgan fingerprint density at radius 2 is 2.07 bits per heavy atom. The van der Waals surface area contributed by atoms with Gasteiger partial charge in [0.05, 0.1) is 16.2 Å². The van der Waals surface area contributed by atoms with E-state index in [1.807, 2.05) is 12.1 Å². The zero-order valence-electron chi connectivity index (χ0n) is 16.5. The number of thioether (sulfide) groups is 1. The molecule has 0 saturated carbocycles. The van der Waals surface area contributed by atoms with Crippen molar-refractivity contribution in [2.75, 3.05) is 38.7 Å². The highest BCUT2D eigenvalue weighted by Gasteiger charge is 2.45. The van der Waals surface area contributed by atoms with Crippen molar-refractivity contribution in [3.63, 3.8) is 0 Å². The standard InChI is InChI=1S/C21H26ClN3O3S/c1-25-9-6-14-2-3-16(12-15(14)7-10-25)23-20(27)21(8-11-28-13-21)24-19(26)17-4-5-18(22)29-17/h2-3,5,12,17H,4,6-11,13H2,1H3,(H,23,27)(H,24,26). The zero-order chi connectivity index (χ0) is 20.4. The average Bonchev–Trinajstić information content (AvgIpc) is 3.31. The number of hydrogen-bond donors (Lipinski definition) is 2. The summed E-state index contributed by atoms with van der Waals surface area (Å²) in [5.74, 6) is -0.399. The lowest BCUT2D eigenvalue weighted by Gasteiger charge is -2.29. The highest BCUT2D eigenvalue weighted by Crippen LogP contribution is 2.35. The summed E-state index contributed by atoms with van der Waals surface area (Å²) in [6.07, 6.45) is 4.85. The molecule has 8 heteroatoms. The quantitative estimate of drug-likeness (QED) is 0.760. The number of benzene rings is 1. The van der Waals surface area contributed by atoms with Crippen molar-refractivity contribution < 1.29 is 14.3 Å². The van der Waals surface area contributed by atoms with Crippen molar-refractivity contribution >= 4 is 40.9 Å². The lowest BCUT2D eigenvalue weighted by atomic mass is 9.96. The molecule has 156 valence electrons. The van der Waals surface area contributed by atoms with Crippen molar-refractivity contribution in [2.24, 2.45) is 0 Å². The number of carbonyl (C=O) groups is 2. The maximum absolute atomic E-state index is 13.2. The first-order chi connectivity index (χ1) is 13.9. The van der Waals surface area contributed by atoms with Crippen LogP contribution in [0, 0.1) is 0 Å². The van der Waals surface area contributed by atoms with Gasteiger partial charge in [-0.2, -0.15) is 0 Å². The summed E-state index contributed by atoms with van der Waals surface area (Å²) < 4.78 is 6.12. The third-order valence-corrected chi connectivity index (χ3v) is 7.35. The van der Waals surface area contributed by atoms with Gasteiger partial charge in [-0.05, 0) is 49.6 Å². The van der Waals surface area contributed by atoms with Crippen LogP contribution in [0.1, 0.15) is 24.0 Å². The zero-order valence-corrected chi connectivity index (χ0v) is 18.1.